The molecule has 0 radical (unpaired) electrons. The maximum atomic E-state index is 14.0. The zero-order valence-corrected chi connectivity index (χ0v) is 14.8. The lowest BCUT2D eigenvalue weighted by Gasteiger charge is -2.18. The Labute approximate surface area is 156 Å². The number of carbonyl (C=O) groups is 1. The van der Waals surface area contributed by atoms with Crippen molar-refractivity contribution < 1.29 is 18.1 Å². The Hall–Kier alpha value is -3.20. The van der Waals surface area contributed by atoms with Crippen molar-refractivity contribution in [1.29, 1.82) is 0 Å². The summed E-state index contributed by atoms with van der Waals surface area (Å²) in [6.07, 6.45) is 3.23. The van der Waals surface area contributed by atoms with Gasteiger partial charge in [-0.2, -0.15) is 0 Å². The SMILES string of the molecule is Cc1cc(C(=O)N(Cc2cccnc2)c2nc3c(F)cc(F)cc3s2)on1. The van der Waals surface area contributed by atoms with Crippen LogP contribution in [0.2, 0.25) is 0 Å². The quantitative estimate of drug-likeness (QED) is 0.528. The number of thiazole rings is 1. The molecule has 27 heavy (non-hydrogen) atoms. The Bertz CT molecular complexity index is 1130. The van der Waals surface area contributed by atoms with Crippen LogP contribution < -0.4 is 4.90 Å². The standard InChI is InChI=1S/C18H12F2N4O2S/c1-10-5-14(26-23-10)17(25)24(9-11-3-2-4-21-8-11)18-22-16-13(20)6-12(19)7-15(16)27-18/h2-8H,9H2,1H3. The number of aromatic nitrogens is 3. The molecular weight excluding hydrogens is 374 g/mol. The molecule has 0 N–H and O–H groups in total. The summed E-state index contributed by atoms with van der Waals surface area (Å²) in [5.74, 6) is -1.94. The van der Waals surface area contributed by atoms with Gasteiger partial charge in [0.1, 0.15) is 11.3 Å². The zero-order valence-electron chi connectivity index (χ0n) is 14.0. The Kier molecular flexibility index (Phi) is 4.36. The fourth-order valence-electron chi connectivity index (χ4n) is 2.56. The summed E-state index contributed by atoms with van der Waals surface area (Å²) < 4.78 is 32.9. The van der Waals surface area contributed by atoms with E-state index in [-0.39, 0.29) is 23.0 Å². The van der Waals surface area contributed by atoms with Crippen LogP contribution in [0, 0.1) is 18.6 Å². The number of anilines is 1. The average Bonchev–Trinajstić information content (AvgIpc) is 3.26. The lowest BCUT2D eigenvalue weighted by atomic mass is 10.2. The molecule has 0 aliphatic heterocycles. The molecule has 0 bridgehead atoms. The summed E-state index contributed by atoms with van der Waals surface area (Å²) in [5.41, 5.74) is 1.30. The van der Waals surface area contributed by atoms with Crippen molar-refractivity contribution >= 4 is 32.6 Å². The summed E-state index contributed by atoms with van der Waals surface area (Å²) in [6, 6.07) is 6.99. The van der Waals surface area contributed by atoms with Crippen LogP contribution in [0.25, 0.3) is 10.2 Å². The monoisotopic (exact) mass is 386 g/mol. The van der Waals surface area contributed by atoms with Gasteiger partial charge in [0.2, 0.25) is 5.76 Å². The number of halogens is 2. The Morgan fingerprint density at radius 2 is 2.15 bits per heavy atom. The van der Waals surface area contributed by atoms with Crippen molar-refractivity contribution in [2.24, 2.45) is 0 Å². The van der Waals surface area contributed by atoms with Crippen LogP contribution in [0.15, 0.2) is 47.2 Å². The predicted molar refractivity (Wildman–Crippen MR) is 95.5 cm³/mol. The first-order chi connectivity index (χ1) is 13.0. The molecule has 6 nitrogen and oxygen atoms in total. The number of benzene rings is 1. The van der Waals surface area contributed by atoms with Gasteiger partial charge in [-0.1, -0.05) is 22.6 Å². The lowest BCUT2D eigenvalue weighted by Crippen LogP contribution is -2.30. The van der Waals surface area contributed by atoms with Crippen molar-refractivity contribution in [3.63, 3.8) is 0 Å². The Morgan fingerprint density at radius 1 is 1.30 bits per heavy atom. The molecule has 9 heteroatoms. The first-order valence-electron chi connectivity index (χ1n) is 7.91. The van der Waals surface area contributed by atoms with Gasteiger partial charge in [0, 0.05) is 24.5 Å². The lowest BCUT2D eigenvalue weighted by molar-refractivity contribution is 0.0949. The van der Waals surface area contributed by atoms with Crippen LogP contribution in [0.4, 0.5) is 13.9 Å². The van der Waals surface area contributed by atoms with Gasteiger partial charge in [-0.15, -0.1) is 0 Å². The highest BCUT2D eigenvalue weighted by molar-refractivity contribution is 7.22. The van der Waals surface area contributed by atoms with Crippen LogP contribution in [-0.4, -0.2) is 21.0 Å². The summed E-state index contributed by atoms with van der Waals surface area (Å²) >= 11 is 1.01. The van der Waals surface area contributed by atoms with Gasteiger partial charge in [0.25, 0.3) is 5.91 Å². The van der Waals surface area contributed by atoms with E-state index in [1.165, 1.54) is 17.0 Å². The van der Waals surface area contributed by atoms with Gasteiger partial charge in [0.15, 0.2) is 10.9 Å². The molecule has 1 aromatic carbocycles. The average molecular weight is 386 g/mol. The highest BCUT2D eigenvalue weighted by Crippen LogP contribution is 2.32. The minimum Gasteiger partial charge on any atom is -0.351 e. The molecule has 0 atom stereocenters. The van der Waals surface area contributed by atoms with E-state index in [0.717, 1.165) is 23.0 Å². The van der Waals surface area contributed by atoms with E-state index in [2.05, 4.69) is 15.1 Å². The first kappa shape index (κ1) is 17.2. The third-order valence-electron chi connectivity index (χ3n) is 3.78. The third kappa shape index (κ3) is 3.41. The normalized spacial score (nSPS) is 11.1. The molecule has 0 unspecified atom stereocenters. The number of hydrogen-bond acceptors (Lipinski definition) is 6. The Balaban J connectivity index is 1.79. The van der Waals surface area contributed by atoms with E-state index in [1.807, 2.05) is 0 Å². The number of amides is 1. The fraction of sp³-hybridized carbons (Fsp3) is 0.111. The number of hydrogen-bond donors (Lipinski definition) is 0. The molecule has 0 aliphatic carbocycles. The highest BCUT2D eigenvalue weighted by Gasteiger charge is 2.25. The first-order valence-corrected chi connectivity index (χ1v) is 8.72. The van der Waals surface area contributed by atoms with E-state index < -0.39 is 17.5 Å². The topological polar surface area (TPSA) is 72.1 Å². The molecule has 4 aromatic rings. The molecule has 0 saturated heterocycles. The van der Waals surface area contributed by atoms with Gasteiger partial charge in [-0.25, -0.2) is 13.8 Å². The molecule has 0 saturated carbocycles. The van der Waals surface area contributed by atoms with Gasteiger partial charge >= 0.3 is 0 Å². The van der Waals surface area contributed by atoms with Crippen molar-refractivity contribution in [2.45, 2.75) is 13.5 Å². The van der Waals surface area contributed by atoms with Crippen molar-refractivity contribution in [3.8, 4) is 0 Å². The maximum Gasteiger partial charge on any atom is 0.298 e. The van der Waals surface area contributed by atoms with Crippen molar-refractivity contribution in [1.82, 2.24) is 15.1 Å². The second-order valence-electron chi connectivity index (χ2n) is 5.82. The van der Waals surface area contributed by atoms with Crippen molar-refractivity contribution in [2.75, 3.05) is 4.90 Å². The number of fused-ring (bicyclic) bond motifs is 1. The molecule has 0 fully saturated rings. The Morgan fingerprint density at radius 3 is 2.85 bits per heavy atom. The van der Waals surface area contributed by atoms with Crippen LogP contribution in [0.1, 0.15) is 21.8 Å². The van der Waals surface area contributed by atoms with E-state index in [0.29, 0.717) is 10.4 Å². The van der Waals surface area contributed by atoms with Crippen LogP contribution in [0.3, 0.4) is 0 Å². The summed E-state index contributed by atoms with van der Waals surface area (Å²) in [5, 5.41) is 3.95. The molecule has 3 heterocycles. The van der Waals surface area contributed by atoms with Gasteiger partial charge in [-0.05, 0) is 24.6 Å². The summed E-state index contributed by atoms with van der Waals surface area (Å²) in [4.78, 5) is 22.5. The van der Waals surface area contributed by atoms with Crippen molar-refractivity contribution in [3.05, 3.63) is 71.4 Å². The van der Waals surface area contributed by atoms with Crippen LogP contribution >= 0.6 is 11.3 Å². The van der Waals surface area contributed by atoms with E-state index >= 15 is 0 Å². The largest absolute Gasteiger partial charge is 0.351 e. The summed E-state index contributed by atoms with van der Waals surface area (Å²) in [6.45, 7) is 1.83. The molecular formula is C18H12F2N4O2S. The zero-order chi connectivity index (χ0) is 19.0. The molecule has 136 valence electrons. The smallest absolute Gasteiger partial charge is 0.298 e. The van der Waals surface area contributed by atoms with Crippen LogP contribution in [-0.2, 0) is 6.54 Å². The molecule has 4 rings (SSSR count). The van der Waals surface area contributed by atoms with E-state index in [4.69, 9.17) is 4.52 Å². The van der Waals surface area contributed by atoms with Crippen LogP contribution in [0.5, 0.6) is 0 Å². The number of rotatable bonds is 4. The van der Waals surface area contributed by atoms with Gasteiger partial charge in [-0.3, -0.25) is 14.7 Å². The molecule has 0 aliphatic rings. The minimum atomic E-state index is -0.781. The summed E-state index contributed by atoms with van der Waals surface area (Å²) in [7, 11) is 0. The second kappa shape index (κ2) is 6.84. The fourth-order valence-corrected chi connectivity index (χ4v) is 3.56. The minimum absolute atomic E-state index is 0.00846. The van der Waals surface area contributed by atoms with E-state index in [9.17, 15) is 13.6 Å². The maximum absolute atomic E-state index is 14.0. The molecule has 1 amide bonds. The second-order valence-corrected chi connectivity index (χ2v) is 6.83. The van der Waals surface area contributed by atoms with Gasteiger partial charge < -0.3 is 4.52 Å². The van der Waals surface area contributed by atoms with Gasteiger partial charge in [0.05, 0.1) is 16.9 Å². The highest BCUT2D eigenvalue weighted by atomic mass is 32.1. The molecule has 0 spiro atoms. The number of pyridine rings is 1. The van der Waals surface area contributed by atoms with E-state index in [1.54, 1.807) is 31.5 Å². The number of carbonyl (C=O) groups excluding carboxylic acids is 1. The number of nitrogens with zero attached hydrogens (tertiary/aromatic N) is 4. The number of aryl methyl sites for hydroxylation is 1. The third-order valence-corrected chi connectivity index (χ3v) is 4.81. The molecule has 3 aromatic heterocycles. The predicted octanol–water partition coefficient (Wildman–Crippen LogP) is 4.11.